The topological polar surface area (TPSA) is 30.7 Å². The van der Waals surface area contributed by atoms with Gasteiger partial charge in [0.2, 0.25) is 0 Å². The molecule has 0 radical (unpaired) electrons. The Hall–Kier alpha value is -1.16. The van der Waals surface area contributed by atoms with E-state index in [9.17, 15) is 0 Å². The summed E-state index contributed by atoms with van der Waals surface area (Å²) in [5, 5.41) is 10.0. The van der Waals surface area contributed by atoms with E-state index in [4.69, 9.17) is 0 Å². The zero-order chi connectivity index (χ0) is 9.80. The van der Waals surface area contributed by atoms with E-state index in [1.54, 1.807) is 6.33 Å². The van der Waals surface area contributed by atoms with Gasteiger partial charge in [0, 0.05) is 18.3 Å². The molecular formula is C10H13N3S. The minimum atomic E-state index is 1.01. The van der Waals surface area contributed by atoms with E-state index in [0.717, 1.165) is 25.1 Å². The molecule has 0 atom stereocenters. The average molecular weight is 207 g/mol. The molecule has 74 valence electrons. The molecule has 0 spiro atoms. The molecule has 2 heterocycles. The van der Waals surface area contributed by atoms with Gasteiger partial charge in [-0.05, 0) is 24.3 Å². The molecule has 0 fully saturated rings. The molecule has 0 aromatic carbocycles. The van der Waals surface area contributed by atoms with Crippen molar-refractivity contribution in [3.63, 3.8) is 0 Å². The van der Waals surface area contributed by atoms with Crippen molar-refractivity contribution < 1.29 is 0 Å². The maximum absolute atomic E-state index is 4.05. The Kier molecular flexibility index (Phi) is 2.93. The Labute approximate surface area is 87.4 Å². The highest BCUT2D eigenvalue weighted by Crippen LogP contribution is 2.12. The SMILES string of the molecule is Cn1cnnc1CCCc1cccs1. The lowest BCUT2D eigenvalue weighted by Crippen LogP contribution is -1.97. The summed E-state index contributed by atoms with van der Waals surface area (Å²) < 4.78 is 1.98. The maximum atomic E-state index is 4.05. The Morgan fingerprint density at radius 2 is 2.36 bits per heavy atom. The second-order valence-electron chi connectivity index (χ2n) is 3.29. The molecule has 3 nitrogen and oxygen atoms in total. The first-order chi connectivity index (χ1) is 6.86. The Balaban J connectivity index is 1.81. The summed E-state index contributed by atoms with van der Waals surface area (Å²) in [6.45, 7) is 0. The number of nitrogens with zero attached hydrogens (tertiary/aromatic N) is 3. The summed E-state index contributed by atoms with van der Waals surface area (Å²) >= 11 is 1.82. The molecule has 2 aromatic heterocycles. The van der Waals surface area contributed by atoms with Crippen molar-refractivity contribution in [1.29, 1.82) is 0 Å². The summed E-state index contributed by atoms with van der Waals surface area (Å²) in [5.74, 6) is 1.07. The van der Waals surface area contributed by atoms with Crippen LogP contribution in [0.25, 0.3) is 0 Å². The summed E-state index contributed by atoms with van der Waals surface area (Å²) in [5.41, 5.74) is 0. The Morgan fingerprint density at radius 3 is 3.00 bits per heavy atom. The highest BCUT2D eigenvalue weighted by atomic mass is 32.1. The fourth-order valence-corrected chi connectivity index (χ4v) is 2.16. The molecule has 0 N–H and O–H groups in total. The predicted molar refractivity (Wildman–Crippen MR) is 57.3 cm³/mol. The van der Waals surface area contributed by atoms with Gasteiger partial charge in [0.15, 0.2) is 0 Å². The first-order valence-electron chi connectivity index (χ1n) is 4.71. The molecule has 0 saturated carbocycles. The second kappa shape index (κ2) is 4.37. The molecule has 14 heavy (non-hydrogen) atoms. The standard InChI is InChI=1S/C10H13N3S/c1-13-8-11-12-10(13)6-2-4-9-5-3-7-14-9/h3,5,7-8H,2,4,6H2,1H3. The number of hydrogen-bond donors (Lipinski definition) is 0. The van der Waals surface area contributed by atoms with Crippen LogP contribution < -0.4 is 0 Å². The normalized spacial score (nSPS) is 10.6. The van der Waals surface area contributed by atoms with E-state index in [-0.39, 0.29) is 0 Å². The van der Waals surface area contributed by atoms with E-state index in [2.05, 4.69) is 27.7 Å². The fourth-order valence-electron chi connectivity index (χ4n) is 1.41. The number of thiophene rings is 1. The molecule has 0 unspecified atom stereocenters. The quantitative estimate of drug-likeness (QED) is 0.768. The van der Waals surface area contributed by atoms with Gasteiger partial charge in [-0.15, -0.1) is 21.5 Å². The van der Waals surface area contributed by atoms with Crippen LogP contribution in [0.5, 0.6) is 0 Å². The lowest BCUT2D eigenvalue weighted by atomic mass is 10.2. The van der Waals surface area contributed by atoms with Gasteiger partial charge in [-0.1, -0.05) is 6.07 Å². The van der Waals surface area contributed by atoms with Crippen LogP contribution in [0.2, 0.25) is 0 Å². The highest BCUT2D eigenvalue weighted by Gasteiger charge is 2.00. The molecule has 2 aromatic rings. The van der Waals surface area contributed by atoms with Crippen molar-refractivity contribution >= 4 is 11.3 Å². The van der Waals surface area contributed by atoms with Gasteiger partial charge in [0.1, 0.15) is 12.2 Å². The van der Waals surface area contributed by atoms with Gasteiger partial charge >= 0.3 is 0 Å². The summed E-state index contributed by atoms with van der Waals surface area (Å²) in [7, 11) is 1.99. The first kappa shape index (κ1) is 9.40. The van der Waals surface area contributed by atoms with Gasteiger partial charge in [-0.25, -0.2) is 0 Å². The van der Waals surface area contributed by atoms with Crippen LogP contribution in [0.15, 0.2) is 23.8 Å². The lowest BCUT2D eigenvalue weighted by Gasteiger charge is -1.98. The van der Waals surface area contributed by atoms with Crippen LogP contribution in [0.4, 0.5) is 0 Å². The number of aromatic nitrogens is 3. The van der Waals surface area contributed by atoms with Gasteiger partial charge in [0.25, 0.3) is 0 Å². The van der Waals surface area contributed by atoms with E-state index in [0.29, 0.717) is 0 Å². The minimum absolute atomic E-state index is 1.01. The number of rotatable bonds is 4. The molecule has 0 bridgehead atoms. The van der Waals surface area contributed by atoms with Crippen molar-refractivity contribution in [2.24, 2.45) is 7.05 Å². The van der Waals surface area contributed by atoms with Crippen molar-refractivity contribution in [3.8, 4) is 0 Å². The van der Waals surface area contributed by atoms with Crippen molar-refractivity contribution in [3.05, 3.63) is 34.5 Å². The second-order valence-corrected chi connectivity index (χ2v) is 4.32. The molecular weight excluding hydrogens is 194 g/mol. The smallest absolute Gasteiger partial charge is 0.132 e. The third-order valence-electron chi connectivity index (χ3n) is 2.21. The predicted octanol–water partition coefficient (Wildman–Crippen LogP) is 2.05. The molecule has 0 aliphatic rings. The Morgan fingerprint density at radius 1 is 1.43 bits per heavy atom. The third-order valence-corrected chi connectivity index (χ3v) is 3.14. The monoisotopic (exact) mass is 207 g/mol. The molecule has 0 aliphatic heterocycles. The van der Waals surface area contributed by atoms with E-state index in [1.807, 2.05) is 23.0 Å². The average Bonchev–Trinajstić information content (AvgIpc) is 2.78. The summed E-state index contributed by atoms with van der Waals surface area (Å²) in [6, 6.07) is 4.28. The van der Waals surface area contributed by atoms with Crippen molar-refractivity contribution in [1.82, 2.24) is 14.8 Å². The molecule has 2 rings (SSSR count). The zero-order valence-electron chi connectivity index (χ0n) is 8.18. The summed E-state index contributed by atoms with van der Waals surface area (Å²) in [4.78, 5) is 1.45. The largest absolute Gasteiger partial charge is 0.321 e. The maximum Gasteiger partial charge on any atom is 0.132 e. The Bertz CT molecular complexity index is 378. The molecule has 0 amide bonds. The summed E-state index contributed by atoms with van der Waals surface area (Å²) in [6.07, 6.45) is 5.05. The molecule has 0 aliphatic carbocycles. The third kappa shape index (κ3) is 2.20. The van der Waals surface area contributed by atoms with Gasteiger partial charge in [-0.3, -0.25) is 0 Å². The van der Waals surface area contributed by atoms with E-state index < -0.39 is 0 Å². The lowest BCUT2D eigenvalue weighted by molar-refractivity contribution is 0.726. The van der Waals surface area contributed by atoms with Gasteiger partial charge < -0.3 is 4.57 Å². The zero-order valence-corrected chi connectivity index (χ0v) is 9.00. The fraction of sp³-hybridized carbons (Fsp3) is 0.400. The first-order valence-corrected chi connectivity index (χ1v) is 5.59. The minimum Gasteiger partial charge on any atom is -0.321 e. The van der Waals surface area contributed by atoms with Crippen LogP contribution in [0.1, 0.15) is 17.1 Å². The van der Waals surface area contributed by atoms with Crippen LogP contribution in [0.3, 0.4) is 0 Å². The van der Waals surface area contributed by atoms with Crippen LogP contribution in [-0.4, -0.2) is 14.8 Å². The van der Waals surface area contributed by atoms with Crippen molar-refractivity contribution in [2.45, 2.75) is 19.3 Å². The van der Waals surface area contributed by atoms with Crippen LogP contribution in [-0.2, 0) is 19.9 Å². The van der Waals surface area contributed by atoms with Gasteiger partial charge in [0.05, 0.1) is 0 Å². The molecule has 0 saturated heterocycles. The molecule has 4 heteroatoms. The van der Waals surface area contributed by atoms with Crippen LogP contribution in [0, 0.1) is 0 Å². The number of aryl methyl sites for hydroxylation is 3. The van der Waals surface area contributed by atoms with Crippen molar-refractivity contribution in [2.75, 3.05) is 0 Å². The van der Waals surface area contributed by atoms with E-state index >= 15 is 0 Å². The highest BCUT2D eigenvalue weighted by molar-refractivity contribution is 7.09. The van der Waals surface area contributed by atoms with E-state index in [1.165, 1.54) is 4.88 Å². The number of hydrogen-bond acceptors (Lipinski definition) is 3. The van der Waals surface area contributed by atoms with Crippen LogP contribution >= 0.6 is 11.3 Å². The van der Waals surface area contributed by atoms with Gasteiger partial charge in [-0.2, -0.15) is 0 Å².